The van der Waals surface area contributed by atoms with E-state index in [9.17, 15) is 0 Å². The fourth-order valence-electron chi connectivity index (χ4n) is 2.04. The van der Waals surface area contributed by atoms with Crippen LogP contribution in [0, 0.1) is 6.92 Å². The quantitative estimate of drug-likeness (QED) is 0.762. The molecule has 2 N–H and O–H groups in total. The first-order chi connectivity index (χ1) is 9.63. The van der Waals surface area contributed by atoms with Crippen LogP contribution in [0.1, 0.15) is 5.01 Å². The number of hydrogen-bond donors (Lipinski definition) is 1. The highest BCUT2D eigenvalue weighted by Crippen LogP contribution is 2.37. The molecule has 0 amide bonds. The van der Waals surface area contributed by atoms with Crippen LogP contribution >= 0.6 is 22.9 Å². The molecule has 2 heterocycles. The molecule has 0 aliphatic carbocycles. The van der Waals surface area contributed by atoms with Crippen LogP contribution in [0.25, 0.3) is 21.7 Å². The van der Waals surface area contributed by atoms with Crippen molar-refractivity contribution < 1.29 is 0 Å². The second kappa shape index (κ2) is 5.23. The molecule has 3 nitrogen and oxygen atoms in total. The number of nitrogen functional groups attached to an aromatic ring is 1. The summed E-state index contributed by atoms with van der Waals surface area (Å²) in [4.78, 5) is 9.74. The molecule has 3 rings (SSSR count). The lowest BCUT2D eigenvalue weighted by Gasteiger charge is -2.04. The van der Waals surface area contributed by atoms with Crippen LogP contribution in [-0.2, 0) is 0 Å². The Balaban J connectivity index is 2.18. The Morgan fingerprint density at radius 2 is 2.00 bits per heavy atom. The molecule has 5 heteroatoms. The average Bonchev–Trinajstić information content (AvgIpc) is 2.81. The minimum atomic E-state index is 0.505. The largest absolute Gasteiger partial charge is 0.384 e. The average molecular weight is 302 g/mol. The van der Waals surface area contributed by atoms with Crippen LogP contribution < -0.4 is 5.73 Å². The highest BCUT2D eigenvalue weighted by atomic mass is 35.5. The Morgan fingerprint density at radius 3 is 2.75 bits per heavy atom. The first kappa shape index (κ1) is 13.1. The summed E-state index contributed by atoms with van der Waals surface area (Å²) in [5.41, 5.74) is 8.73. The van der Waals surface area contributed by atoms with Crippen molar-refractivity contribution in [2.24, 2.45) is 0 Å². The van der Waals surface area contributed by atoms with Crippen molar-refractivity contribution >= 4 is 28.8 Å². The van der Waals surface area contributed by atoms with E-state index < -0.39 is 0 Å². The smallest absolute Gasteiger partial charge is 0.123 e. The summed E-state index contributed by atoms with van der Waals surface area (Å²) in [6, 6.07) is 11.5. The van der Waals surface area contributed by atoms with E-state index in [0.717, 1.165) is 26.7 Å². The molecule has 0 aliphatic heterocycles. The topological polar surface area (TPSA) is 51.8 Å². The fraction of sp³-hybridized carbons (Fsp3) is 0.0667. The van der Waals surface area contributed by atoms with Crippen molar-refractivity contribution in [3.63, 3.8) is 0 Å². The van der Waals surface area contributed by atoms with Gasteiger partial charge in [0.05, 0.1) is 15.6 Å². The van der Waals surface area contributed by atoms with Gasteiger partial charge in [0.15, 0.2) is 0 Å². The van der Waals surface area contributed by atoms with Crippen molar-refractivity contribution in [3.05, 3.63) is 52.6 Å². The van der Waals surface area contributed by atoms with Gasteiger partial charge < -0.3 is 5.73 Å². The van der Waals surface area contributed by atoms with Crippen molar-refractivity contribution in [3.8, 4) is 21.7 Å². The van der Waals surface area contributed by atoms with E-state index in [1.165, 1.54) is 0 Å². The van der Waals surface area contributed by atoms with Crippen LogP contribution in [0.5, 0.6) is 0 Å². The molecule has 100 valence electrons. The molecule has 0 bridgehead atoms. The fourth-order valence-corrected chi connectivity index (χ4v) is 3.17. The summed E-state index contributed by atoms with van der Waals surface area (Å²) in [6.07, 6.45) is 1.71. The van der Waals surface area contributed by atoms with Crippen LogP contribution in [-0.4, -0.2) is 9.97 Å². The van der Waals surface area contributed by atoms with Crippen molar-refractivity contribution in [1.82, 2.24) is 9.97 Å². The van der Waals surface area contributed by atoms with Gasteiger partial charge in [-0.05, 0) is 36.8 Å². The minimum absolute atomic E-state index is 0.505. The maximum Gasteiger partial charge on any atom is 0.123 e. The Labute approximate surface area is 126 Å². The Morgan fingerprint density at radius 1 is 1.15 bits per heavy atom. The minimum Gasteiger partial charge on any atom is -0.384 e. The highest BCUT2D eigenvalue weighted by Gasteiger charge is 2.13. The molecule has 0 atom stereocenters. The zero-order valence-electron chi connectivity index (χ0n) is 10.8. The van der Waals surface area contributed by atoms with Gasteiger partial charge in [0.1, 0.15) is 5.82 Å². The molecule has 2 aromatic heterocycles. The van der Waals surface area contributed by atoms with Crippen molar-refractivity contribution in [2.75, 3.05) is 5.73 Å². The third-order valence-electron chi connectivity index (χ3n) is 2.88. The van der Waals surface area contributed by atoms with E-state index >= 15 is 0 Å². The number of aryl methyl sites for hydroxylation is 1. The predicted octanol–water partition coefficient (Wildman–Crippen LogP) is 4.42. The number of aromatic nitrogens is 2. The van der Waals surface area contributed by atoms with E-state index in [-0.39, 0.29) is 0 Å². The number of hydrogen-bond acceptors (Lipinski definition) is 4. The number of benzene rings is 1. The van der Waals surface area contributed by atoms with Crippen molar-refractivity contribution in [1.29, 1.82) is 0 Å². The third-order valence-corrected chi connectivity index (χ3v) is 4.13. The lowest BCUT2D eigenvalue weighted by molar-refractivity contribution is 1.29. The van der Waals surface area contributed by atoms with E-state index in [0.29, 0.717) is 10.8 Å². The first-order valence-electron chi connectivity index (χ1n) is 6.09. The van der Waals surface area contributed by atoms with Gasteiger partial charge in [0, 0.05) is 16.8 Å². The van der Waals surface area contributed by atoms with Gasteiger partial charge in [0.2, 0.25) is 0 Å². The Bertz CT molecular complexity index is 704. The second-order valence-corrected chi connectivity index (χ2v) is 6.03. The Kier molecular flexibility index (Phi) is 3.42. The molecule has 0 saturated heterocycles. The summed E-state index contributed by atoms with van der Waals surface area (Å²) in [6.45, 7) is 1.99. The lowest BCUT2D eigenvalue weighted by Crippen LogP contribution is -1.89. The maximum absolute atomic E-state index is 6.07. The second-order valence-electron chi connectivity index (χ2n) is 4.39. The molecule has 3 aromatic rings. The zero-order chi connectivity index (χ0) is 14.1. The van der Waals surface area contributed by atoms with E-state index in [2.05, 4.69) is 9.97 Å². The molecule has 0 saturated carbocycles. The van der Waals surface area contributed by atoms with Gasteiger partial charge >= 0.3 is 0 Å². The maximum atomic E-state index is 6.07. The van der Waals surface area contributed by atoms with Gasteiger partial charge in [0.25, 0.3) is 0 Å². The van der Waals surface area contributed by atoms with E-state index in [1.807, 2.05) is 43.3 Å². The molecule has 1 aromatic carbocycles. The Hall–Kier alpha value is -1.91. The molecule has 0 fully saturated rings. The van der Waals surface area contributed by atoms with Crippen molar-refractivity contribution in [2.45, 2.75) is 6.92 Å². The summed E-state index contributed by atoms with van der Waals surface area (Å²) in [5.74, 6) is 0.505. The van der Waals surface area contributed by atoms with Gasteiger partial charge in [-0.1, -0.05) is 23.7 Å². The number of pyridine rings is 1. The molecule has 0 spiro atoms. The first-order valence-corrected chi connectivity index (χ1v) is 7.28. The predicted molar refractivity (Wildman–Crippen MR) is 84.9 cm³/mol. The summed E-state index contributed by atoms with van der Waals surface area (Å²) < 4.78 is 0. The number of thiazole rings is 1. The van der Waals surface area contributed by atoms with Crippen LogP contribution in [0.15, 0.2) is 42.6 Å². The SMILES string of the molecule is Cc1nc(-c2cccc(Cl)c2)c(-c2ccnc(N)c2)s1. The molecule has 0 aliphatic rings. The summed E-state index contributed by atoms with van der Waals surface area (Å²) >= 11 is 7.71. The van der Waals surface area contributed by atoms with E-state index in [1.54, 1.807) is 17.5 Å². The number of rotatable bonds is 2. The number of nitrogens with zero attached hydrogens (tertiary/aromatic N) is 2. The lowest BCUT2D eigenvalue weighted by atomic mass is 10.1. The van der Waals surface area contributed by atoms with Gasteiger partial charge in [-0.15, -0.1) is 11.3 Å². The van der Waals surface area contributed by atoms with Gasteiger partial charge in [-0.2, -0.15) is 0 Å². The molecule has 0 unspecified atom stereocenters. The molecule has 0 radical (unpaired) electrons. The van der Waals surface area contributed by atoms with Crippen LogP contribution in [0.2, 0.25) is 5.02 Å². The number of anilines is 1. The van der Waals surface area contributed by atoms with Gasteiger partial charge in [-0.3, -0.25) is 0 Å². The van der Waals surface area contributed by atoms with E-state index in [4.69, 9.17) is 17.3 Å². The monoisotopic (exact) mass is 301 g/mol. The molecular formula is C15H12ClN3S. The number of nitrogens with two attached hydrogens (primary N) is 1. The summed E-state index contributed by atoms with van der Waals surface area (Å²) in [7, 11) is 0. The zero-order valence-corrected chi connectivity index (χ0v) is 12.4. The number of halogens is 1. The third kappa shape index (κ3) is 2.53. The molecular weight excluding hydrogens is 290 g/mol. The molecule has 20 heavy (non-hydrogen) atoms. The van der Waals surface area contributed by atoms with Crippen LogP contribution in [0.4, 0.5) is 5.82 Å². The van der Waals surface area contributed by atoms with Crippen LogP contribution in [0.3, 0.4) is 0 Å². The summed E-state index contributed by atoms with van der Waals surface area (Å²) in [5, 5.41) is 1.71. The normalized spacial score (nSPS) is 10.7. The highest BCUT2D eigenvalue weighted by molar-refractivity contribution is 7.15. The standard InChI is InChI=1S/C15H12ClN3S/c1-9-19-14(10-3-2-4-12(16)7-10)15(20-9)11-5-6-18-13(17)8-11/h2-8H,1H3,(H2,17,18). The van der Waals surface area contributed by atoms with Gasteiger partial charge in [-0.25, -0.2) is 9.97 Å².